The maximum atomic E-state index is 13.8. The summed E-state index contributed by atoms with van der Waals surface area (Å²) in [6, 6.07) is 34.8. The lowest BCUT2D eigenvalue weighted by atomic mass is 9.79. The van der Waals surface area contributed by atoms with Crippen LogP contribution in [0, 0.1) is 11.3 Å². The third-order valence-electron chi connectivity index (χ3n) is 13.6. The van der Waals surface area contributed by atoms with Crippen molar-refractivity contribution < 1.29 is 42.1 Å². The van der Waals surface area contributed by atoms with Crippen molar-refractivity contribution in [1.29, 1.82) is 5.26 Å². The molecule has 17 nitrogen and oxygen atoms in total. The predicted molar refractivity (Wildman–Crippen MR) is 291 cm³/mol. The standard InChI is InChI=1S/C56H70BN6O11P/c1-38(2)63(39(3)4)75(70-33-15-31-58)72-48-34-51(71-49(48)37-69-56(41-17-12-11-13-18-41,42-19-27-46(67-9)28-20-42)43-21-29-47(68-10)30-22-43)62-36-40(52(65)61-53(62)66)16-14-32-59-35-50(64)60-45-25-23-44(24-26-45)57-73-54(5,6)55(7,8)74-57/h11-14,16-30,36,38-39,48-49,51,59H,15,32-35,37H2,1-10H3,(H,60,64)(H,61,65,66)/t48?,49-,51-,75?/m1/s1. The number of hydrogen-bond acceptors (Lipinski definition) is 14. The Balaban J connectivity index is 1.12. The number of carbonyl (C=O) groups is 1. The van der Waals surface area contributed by atoms with Crippen LogP contribution in [-0.4, -0.2) is 103 Å². The Hall–Kier alpha value is -5.97. The Bertz CT molecular complexity index is 2780. The van der Waals surface area contributed by atoms with Gasteiger partial charge < -0.3 is 47.9 Å². The van der Waals surface area contributed by atoms with Gasteiger partial charge in [-0.1, -0.05) is 78.9 Å². The zero-order valence-corrected chi connectivity index (χ0v) is 45.4. The lowest BCUT2D eigenvalue weighted by Gasteiger charge is -2.39. The first-order valence-electron chi connectivity index (χ1n) is 25.3. The normalized spacial score (nSPS) is 18.7. The van der Waals surface area contributed by atoms with Gasteiger partial charge in [0, 0.05) is 36.9 Å². The van der Waals surface area contributed by atoms with Crippen LogP contribution in [0.3, 0.4) is 0 Å². The summed E-state index contributed by atoms with van der Waals surface area (Å²) >= 11 is 0. The van der Waals surface area contributed by atoms with Gasteiger partial charge in [-0.05, 0) is 114 Å². The first-order chi connectivity index (χ1) is 35.9. The Kier molecular flexibility index (Phi) is 19.1. The minimum Gasteiger partial charge on any atom is -0.497 e. The molecule has 1 amide bonds. The molecule has 1 aromatic heterocycles. The van der Waals surface area contributed by atoms with Crippen molar-refractivity contribution in [3.63, 3.8) is 0 Å². The van der Waals surface area contributed by atoms with Gasteiger partial charge in [-0.15, -0.1) is 0 Å². The fraction of sp³-hybridized carbons (Fsp3) is 0.429. The zero-order chi connectivity index (χ0) is 53.9. The average molecular weight is 1040 g/mol. The number of aromatic amines is 1. The molecule has 398 valence electrons. The Labute approximate surface area is 441 Å². The van der Waals surface area contributed by atoms with Crippen LogP contribution < -0.4 is 36.8 Å². The quantitative estimate of drug-likeness (QED) is 0.0232. The summed E-state index contributed by atoms with van der Waals surface area (Å²) in [6.07, 6.45) is 2.68. The Morgan fingerprint density at radius 2 is 1.48 bits per heavy atom. The Morgan fingerprint density at radius 3 is 2.04 bits per heavy atom. The van der Waals surface area contributed by atoms with E-state index in [0.29, 0.717) is 17.2 Å². The molecule has 2 aliphatic rings. The molecule has 5 aromatic rings. The summed E-state index contributed by atoms with van der Waals surface area (Å²) in [5, 5.41) is 15.4. The van der Waals surface area contributed by atoms with Crippen LogP contribution >= 0.6 is 8.53 Å². The number of nitriles is 1. The lowest BCUT2D eigenvalue weighted by molar-refractivity contribution is -0.115. The van der Waals surface area contributed by atoms with Crippen molar-refractivity contribution in [2.24, 2.45) is 0 Å². The molecule has 75 heavy (non-hydrogen) atoms. The lowest BCUT2D eigenvalue weighted by Crippen LogP contribution is -2.41. The van der Waals surface area contributed by atoms with Crippen LogP contribution in [0.4, 0.5) is 5.69 Å². The van der Waals surface area contributed by atoms with Gasteiger partial charge in [0.1, 0.15) is 29.4 Å². The monoisotopic (exact) mass is 1040 g/mol. The second kappa shape index (κ2) is 25.3. The molecule has 4 aromatic carbocycles. The number of ether oxygens (including phenoxy) is 4. The van der Waals surface area contributed by atoms with Crippen LogP contribution in [0.1, 0.15) is 96.7 Å². The number of rotatable bonds is 24. The van der Waals surface area contributed by atoms with Crippen molar-refractivity contribution in [2.45, 2.75) is 116 Å². The minimum atomic E-state index is -1.76. The number of anilines is 1. The minimum absolute atomic E-state index is 0.00373. The Morgan fingerprint density at radius 1 is 0.893 bits per heavy atom. The summed E-state index contributed by atoms with van der Waals surface area (Å²) in [6.45, 7) is 16.6. The maximum Gasteiger partial charge on any atom is 0.494 e. The van der Waals surface area contributed by atoms with E-state index in [9.17, 15) is 19.6 Å². The second-order valence-corrected chi connectivity index (χ2v) is 21.3. The maximum absolute atomic E-state index is 13.8. The molecule has 7 rings (SSSR count). The van der Waals surface area contributed by atoms with Gasteiger partial charge in [0.25, 0.3) is 14.1 Å². The molecule has 19 heteroatoms. The second-order valence-electron chi connectivity index (χ2n) is 19.9. The molecular formula is C56H70BN6O11P. The number of nitrogens with zero attached hydrogens (tertiary/aromatic N) is 3. The van der Waals surface area contributed by atoms with E-state index >= 15 is 0 Å². The van der Waals surface area contributed by atoms with Gasteiger partial charge in [0.15, 0.2) is 0 Å². The van der Waals surface area contributed by atoms with E-state index in [1.54, 1.807) is 38.5 Å². The number of carbonyl (C=O) groups excluding carboxylic acids is 1. The van der Waals surface area contributed by atoms with Gasteiger partial charge in [-0.3, -0.25) is 19.1 Å². The fourth-order valence-corrected chi connectivity index (χ4v) is 10.8. The molecule has 3 N–H and O–H groups in total. The molecule has 2 unspecified atom stereocenters. The molecule has 2 saturated heterocycles. The number of hydrogen-bond donors (Lipinski definition) is 3. The number of amides is 1. The highest BCUT2D eigenvalue weighted by molar-refractivity contribution is 7.44. The van der Waals surface area contributed by atoms with Crippen LogP contribution in [0.25, 0.3) is 6.08 Å². The average Bonchev–Trinajstić information content (AvgIpc) is 3.89. The van der Waals surface area contributed by atoms with Gasteiger partial charge in [-0.2, -0.15) is 5.26 Å². The molecule has 0 radical (unpaired) electrons. The van der Waals surface area contributed by atoms with Crippen molar-refractivity contribution in [1.82, 2.24) is 19.5 Å². The summed E-state index contributed by atoms with van der Waals surface area (Å²) < 4.78 is 54.5. The highest BCUT2D eigenvalue weighted by Crippen LogP contribution is 2.51. The topological polar surface area (TPSA) is 197 Å². The summed E-state index contributed by atoms with van der Waals surface area (Å²) in [5.41, 5.74) is 0.721. The third-order valence-corrected chi connectivity index (χ3v) is 15.7. The predicted octanol–water partition coefficient (Wildman–Crippen LogP) is 8.05. The molecular weight excluding hydrogens is 974 g/mol. The number of H-pyrrole nitrogens is 1. The van der Waals surface area contributed by atoms with Crippen LogP contribution in [0.15, 0.2) is 125 Å². The number of methoxy groups -OCH3 is 2. The molecule has 0 aliphatic carbocycles. The summed E-state index contributed by atoms with van der Waals surface area (Å²) in [7, 11) is 0.958. The van der Waals surface area contributed by atoms with E-state index in [-0.39, 0.29) is 62.7 Å². The van der Waals surface area contributed by atoms with E-state index in [1.165, 1.54) is 10.8 Å². The summed E-state index contributed by atoms with van der Waals surface area (Å²) in [4.78, 5) is 42.4. The SMILES string of the molecule is COc1ccc(C(OC[C@H]2O[C@@H](n3cc(C=CCNCC(=O)Nc4ccc(B5OC(C)(C)C(C)(C)O5)cc4)c(=O)[nH]c3=O)CC2OP(OCCC#N)N(C(C)C)C(C)C)(c2ccccc2)c2ccc(OC)cc2)cc1. The molecule has 0 saturated carbocycles. The smallest absolute Gasteiger partial charge is 0.494 e. The van der Waals surface area contributed by atoms with Crippen LogP contribution in [0.5, 0.6) is 11.5 Å². The van der Waals surface area contributed by atoms with Crippen LogP contribution in [0.2, 0.25) is 0 Å². The molecule has 2 fully saturated rings. The van der Waals surface area contributed by atoms with E-state index in [1.807, 2.05) is 119 Å². The van der Waals surface area contributed by atoms with E-state index < -0.39 is 62.1 Å². The van der Waals surface area contributed by atoms with Crippen molar-refractivity contribution in [3.05, 3.63) is 158 Å². The molecule has 0 spiro atoms. The highest BCUT2D eigenvalue weighted by Gasteiger charge is 2.52. The number of nitrogens with one attached hydrogen (secondary N) is 3. The highest BCUT2D eigenvalue weighted by atomic mass is 31.2. The number of benzene rings is 4. The molecule has 3 heterocycles. The van der Waals surface area contributed by atoms with E-state index in [0.717, 1.165) is 22.2 Å². The van der Waals surface area contributed by atoms with Crippen molar-refractivity contribution in [3.8, 4) is 17.6 Å². The van der Waals surface area contributed by atoms with Gasteiger partial charge in [-0.25, -0.2) is 9.46 Å². The van der Waals surface area contributed by atoms with Gasteiger partial charge >= 0.3 is 12.8 Å². The van der Waals surface area contributed by atoms with Gasteiger partial charge in [0.05, 0.1) is 69.3 Å². The van der Waals surface area contributed by atoms with Crippen molar-refractivity contribution in [2.75, 3.05) is 45.8 Å². The first kappa shape index (κ1) is 56.8. The molecule has 2 aliphatic heterocycles. The molecule has 0 bridgehead atoms. The largest absolute Gasteiger partial charge is 0.497 e. The van der Waals surface area contributed by atoms with Crippen LogP contribution in [-0.2, 0) is 38.2 Å². The fourth-order valence-electron chi connectivity index (χ4n) is 9.02. The zero-order valence-electron chi connectivity index (χ0n) is 44.5. The number of aromatic nitrogens is 2. The molecule has 4 atom stereocenters. The van der Waals surface area contributed by atoms with Crippen molar-refractivity contribution >= 4 is 38.8 Å². The summed E-state index contributed by atoms with van der Waals surface area (Å²) in [5.74, 6) is 1.09. The third kappa shape index (κ3) is 13.5. The van der Waals surface area contributed by atoms with E-state index in [2.05, 4.69) is 54.1 Å². The first-order valence-corrected chi connectivity index (χ1v) is 26.4. The van der Waals surface area contributed by atoms with Gasteiger partial charge in [0.2, 0.25) is 5.91 Å². The van der Waals surface area contributed by atoms with E-state index in [4.69, 9.17) is 37.3 Å².